The van der Waals surface area contributed by atoms with Crippen LogP contribution in [0.1, 0.15) is 38.2 Å². The van der Waals surface area contributed by atoms with Crippen LogP contribution < -0.4 is 0 Å². The van der Waals surface area contributed by atoms with Crippen LogP contribution in [0.15, 0.2) is 24.3 Å². The SMILES string of the molecule is CC1(c2ccc(O)cc2)CCCC1. The molecule has 1 aliphatic rings. The molecule has 0 unspecified atom stereocenters. The summed E-state index contributed by atoms with van der Waals surface area (Å²) in [6.45, 7) is 2.33. The predicted molar refractivity (Wildman–Crippen MR) is 53.9 cm³/mol. The maximum absolute atomic E-state index is 9.18. The van der Waals surface area contributed by atoms with Crippen LogP contribution in [0.3, 0.4) is 0 Å². The Morgan fingerprint density at radius 2 is 1.62 bits per heavy atom. The highest BCUT2D eigenvalue weighted by Gasteiger charge is 2.30. The van der Waals surface area contributed by atoms with Gasteiger partial charge in [-0.25, -0.2) is 0 Å². The third kappa shape index (κ3) is 1.55. The Morgan fingerprint density at radius 3 is 2.15 bits per heavy atom. The van der Waals surface area contributed by atoms with Gasteiger partial charge in [0, 0.05) is 0 Å². The molecular weight excluding hydrogens is 160 g/mol. The average molecular weight is 176 g/mol. The molecule has 1 aromatic rings. The van der Waals surface area contributed by atoms with Crippen molar-refractivity contribution in [2.45, 2.75) is 38.0 Å². The summed E-state index contributed by atoms with van der Waals surface area (Å²) in [7, 11) is 0. The van der Waals surface area contributed by atoms with Gasteiger partial charge in [-0.2, -0.15) is 0 Å². The largest absolute Gasteiger partial charge is 0.508 e. The Kier molecular flexibility index (Phi) is 2.03. The van der Waals surface area contributed by atoms with Crippen LogP contribution in [0.2, 0.25) is 0 Å². The van der Waals surface area contributed by atoms with Crippen molar-refractivity contribution in [2.24, 2.45) is 0 Å². The van der Waals surface area contributed by atoms with Crippen molar-refractivity contribution in [3.63, 3.8) is 0 Å². The molecule has 1 aliphatic carbocycles. The van der Waals surface area contributed by atoms with Gasteiger partial charge in [0.2, 0.25) is 0 Å². The lowest BCUT2D eigenvalue weighted by molar-refractivity contribution is 0.469. The first-order valence-electron chi connectivity index (χ1n) is 5.00. The summed E-state index contributed by atoms with van der Waals surface area (Å²) in [4.78, 5) is 0. The zero-order chi connectivity index (χ0) is 9.31. The van der Waals surface area contributed by atoms with Gasteiger partial charge in [0.1, 0.15) is 5.75 Å². The highest BCUT2D eigenvalue weighted by molar-refractivity contribution is 5.31. The van der Waals surface area contributed by atoms with Crippen molar-refractivity contribution in [1.29, 1.82) is 0 Å². The normalized spacial score (nSPS) is 20.4. The van der Waals surface area contributed by atoms with E-state index in [4.69, 9.17) is 0 Å². The first-order chi connectivity index (χ1) is 6.21. The van der Waals surface area contributed by atoms with Crippen molar-refractivity contribution in [2.75, 3.05) is 0 Å². The average Bonchev–Trinajstić information content (AvgIpc) is 2.54. The highest BCUT2D eigenvalue weighted by Crippen LogP contribution is 2.40. The van der Waals surface area contributed by atoms with Crippen LogP contribution in [0.5, 0.6) is 5.75 Å². The molecule has 1 nitrogen and oxygen atoms in total. The molecule has 0 heterocycles. The fraction of sp³-hybridized carbons (Fsp3) is 0.500. The minimum absolute atomic E-state index is 0.366. The molecule has 2 rings (SSSR count). The van der Waals surface area contributed by atoms with Gasteiger partial charge in [-0.05, 0) is 36.0 Å². The van der Waals surface area contributed by atoms with E-state index >= 15 is 0 Å². The molecule has 0 spiro atoms. The summed E-state index contributed by atoms with van der Waals surface area (Å²) in [5.74, 6) is 0.366. The summed E-state index contributed by atoms with van der Waals surface area (Å²) in [6.07, 6.45) is 5.27. The Bertz CT molecular complexity index is 280. The summed E-state index contributed by atoms with van der Waals surface area (Å²) < 4.78 is 0. The van der Waals surface area contributed by atoms with Gasteiger partial charge >= 0.3 is 0 Å². The zero-order valence-electron chi connectivity index (χ0n) is 8.09. The maximum Gasteiger partial charge on any atom is 0.115 e. The fourth-order valence-corrected chi connectivity index (χ4v) is 2.31. The quantitative estimate of drug-likeness (QED) is 0.696. The number of benzene rings is 1. The van der Waals surface area contributed by atoms with Crippen LogP contribution in [0, 0.1) is 0 Å². The van der Waals surface area contributed by atoms with Crippen LogP contribution >= 0.6 is 0 Å². The van der Waals surface area contributed by atoms with E-state index in [2.05, 4.69) is 19.1 Å². The Morgan fingerprint density at radius 1 is 1.08 bits per heavy atom. The highest BCUT2D eigenvalue weighted by atomic mass is 16.3. The van der Waals surface area contributed by atoms with Gasteiger partial charge in [0.05, 0.1) is 0 Å². The number of aromatic hydroxyl groups is 1. The summed E-state index contributed by atoms with van der Waals surface area (Å²) in [6, 6.07) is 7.69. The molecule has 0 amide bonds. The monoisotopic (exact) mass is 176 g/mol. The van der Waals surface area contributed by atoms with Crippen molar-refractivity contribution in [3.05, 3.63) is 29.8 Å². The molecule has 0 bridgehead atoms. The van der Waals surface area contributed by atoms with E-state index in [1.54, 1.807) is 12.1 Å². The van der Waals surface area contributed by atoms with Gasteiger partial charge < -0.3 is 5.11 Å². The van der Waals surface area contributed by atoms with Crippen molar-refractivity contribution < 1.29 is 5.11 Å². The number of phenols is 1. The molecule has 1 N–H and O–H groups in total. The van der Waals surface area contributed by atoms with E-state index < -0.39 is 0 Å². The zero-order valence-corrected chi connectivity index (χ0v) is 8.09. The molecule has 0 aromatic heterocycles. The van der Waals surface area contributed by atoms with E-state index in [0.29, 0.717) is 11.2 Å². The molecular formula is C12H16O. The van der Waals surface area contributed by atoms with Gasteiger partial charge in [-0.3, -0.25) is 0 Å². The lowest BCUT2D eigenvalue weighted by atomic mass is 9.81. The lowest BCUT2D eigenvalue weighted by Gasteiger charge is -2.23. The number of rotatable bonds is 1. The molecule has 70 valence electrons. The van der Waals surface area contributed by atoms with E-state index in [1.165, 1.54) is 31.2 Å². The minimum atomic E-state index is 0.366. The van der Waals surface area contributed by atoms with Crippen LogP contribution in [0.25, 0.3) is 0 Å². The first-order valence-corrected chi connectivity index (χ1v) is 5.00. The van der Waals surface area contributed by atoms with Crippen LogP contribution in [-0.2, 0) is 5.41 Å². The molecule has 0 atom stereocenters. The molecule has 1 aromatic carbocycles. The van der Waals surface area contributed by atoms with Crippen LogP contribution in [-0.4, -0.2) is 5.11 Å². The van der Waals surface area contributed by atoms with Gasteiger partial charge in [0.25, 0.3) is 0 Å². The van der Waals surface area contributed by atoms with Crippen molar-refractivity contribution >= 4 is 0 Å². The third-order valence-electron chi connectivity index (χ3n) is 3.27. The van der Waals surface area contributed by atoms with Gasteiger partial charge in [0.15, 0.2) is 0 Å². The van der Waals surface area contributed by atoms with E-state index in [-0.39, 0.29) is 0 Å². The Labute approximate surface area is 79.4 Å². The molecule has 0 saturated heterocycles. The van der Waals surface area contributed by atoms with Gasteiger partial charge in [-0.1, -0.05) is 31.9 Å². The smallest absolute Gasteiger partial charge is 0.115 e. The van der Waals surface area contributed by atoms with Gasteiger partial charge in [-0.15, -0.1) is 0 Å². The molecule has 1 heteroatoms. The molecule has 1 saturated carbocycles. The standard InChI is InChI=1S/C12H16O/c1-12(8-2-3-9-12)10-4-6-11(13)7-5-10/h4-7,13H,2-3,8-9H2,1H3. The fourth-order valence-electron chi connectivity index (χ4n) is 2.31. The summed E-state index contributed by atoms with van der Waals surface area (Å²) >= 11 is 0. The molecule has 0 aliphatic heterocycles. The number of hydrogen-bond donors (Lipinski definition) is 1. The Balaban J connectivity index is 2.29. The second kappa shape index (κ2) is 3.06. The van der Waals surface area contributed by atoms with Crippen molar-refractivity contribution in [1.82, 2.24) is 0 Å². The number of phenolic OH excluding ortho intramolecular Hbond substituents is 1. The lowest BCUT2D eigenvalue weighted by Crippen LogP contribution is -2.16. The Hall–Kier alpha value is -0.980. The van der Waals surface area contributed by atoms with E-state index in [1.807, 2.05) is 0 Å². The first kappa shape index (κ1) is 8.61. The number of hydrogen-bond acceptors (Lipinski definition) is 1. The summed E-state index contributed by atoms with van der Waals surface area (Å²) in [5, 5.41) is 9.18. The molecule has 1 fully saturated rings. The second-order valence-corrected chi connectivity index (χ2v) is 4.31. The van der Waals surface area contributed by atoms with Crippen LogP contribution in [0.4, 0.5) is 0 Å². The summed E-state index contributed by atoms with van der Waals surface area (Å²) in [5.41, 5.74) is 1.75. The molecule has 13 heavy (non-hydrogen) atoms. The van der Waals surface area contributed by atoms with E-state index in [0.717, 1.165) is 0 Å². The van der Waals surface area contributed by atoms with E-state index in [9.17, 15) is 5.11 Å². The van der Waals surface area contributed by atoms with Crippen molar-refractivity contribution in [3.8, 4) is 5.75 Å². The second-order valence-electron chi connectivity index (χ2n) is 4.31. The predicted octanol–water partition coefficient (Wildman–Crippen LogP) is 3.22. The maximum atomic E-state index is 9.18. The topological polar surface area (TPSA) is 20.2 Å². The third-order valence-corrected chi connectivity index (χ3v) is 3.27. The minimum Gasteiger partial charge on any atom is -0.508 e. The molecule has 0 radical (unpaired) electrons.